The number of methoxy groups -OCH3 is 1. The second-order valence-corrected chi connectivity index (χ2v) is 6.54. The van der Waals surface area contributed by atoms with Crippen molar-refractivity contribution in [3.05, 3.63) is 65.2 Å². The van der Waals surface area contributed by atoms with Crippen LogP contribution >= 0.6 is 0 Å². The highest BCUT2D eigenvalue weighted by molar-refractivity contribution is 5.73. The highest BCUT2D eigenvalue weighted by Crippen LogP contribution is 2.13. The molecule has 1 fully saturated rings. The summed E-state index contributed by atoms with van der Waals surface area (Å²) in [5.41, 5.74) is 3.41. The molecule has 6 nitrogen and oxygen atoms in total. The van der Waals surface area contributed by atoms with Gasteiger partial charge in [-0.1, -0.05) is 36.4 Å². The molecule has 0 atom stereocenters. The fraction of sp³-hybridized carbons (Fsp3) is 0.381. The van der Waals surface area contributed by atoms with Crippen LogP contribution in [0.5, 0.6) is 5.75 Å². The lowest BCUT2D eigenvalue weighted by atomic mass is 10.1. The molecule has 27 heavy (non-hydrogen) atoms. The molecule has 1 saturated heterocycles. The molecule has 0 spiro atoms. The SMILES string of the molecule is COc1ccc(CNC(=O)NCc2ccccc2CN2CCOCC2)cc1. The zero-order valence-electron chi connectivity index (χ0n) is 15.7. The molecule has 3 rings (SSSR count). The van der Waals surface area contributed by atoms with E-state index in [1.807, 2.05) is 36.4 Å². The van der Waals surface area contributed by atoms with Gasteiger partial charge in [0.15, 0.2) is 0 Å². The average Bonchev–Trinajstić information content (AvgIpc) is 2.73. The maximum absolute atomic E-state index is 12.1. The van der Waals surface area contributed by atoms with Gasteiger partial charge in [-0.05, 0) is 28.8 Å². The Morgan fingerprint density at radius 3 is 2.37 bits per heavy atom. The van der Waals surface area contributed by atoms with Crippen LogP contribution in [0.1, 0.15) is 16.7 Å². The van der Waals surface area contributed by atoms with Crippen LogP contribution in [-0.2, 0) is 24.4 Å². The molecular formula is C21H27N3O3. The molecule has 1 heterocycles. The van der Waals surface area contributed by atoms with Gasteiger partial charge >= 0.3 is 6.03 Å². The molecule has 0 saturated carbocycles. The van der Waals surface area contributed by atoms with Crippen LogP contribution in [-0.4, -0.2) is 44.3 Å². The van der Waals surface area contributed by atoms with Gasteiger partial charge in [0, 0.05) is 32.7 Å². The van der Waals surface area contributed by atoms with Gasteiger partial charge in [-0.25, -0.2) is 4.79 Å². The Hall–Kier alpha value is -2.57. The second kappa shape index (κ2) is 9.94. The fourth-order valence-corrected chi connectivity index (χ4v) is 3.05. The molecular weight excluding hydrogens is 342 g/mol. The number of rotatable bonds is 7. The first kappa shape index (κ1) is 19.2. The van der Waals surface area contributed by atoms with Crippen molar-refractivity contribution in [3.63, 3.8) is 0 Å². The zero-order chi connectivity index (χ0) is 18.9. The van der Waals surface area contributed by atoms with Crippen molar-refractivity contribution in [3.8, 4) is 5.75 Å². The molecule has 2 N–H and O–H groups in total. The third-order valence-corrected chi connectivity index (χ3v) is 4.67. The van der Waals surface area contributed by atoms with E-state index in [2.05, 4.69) is 27.7 Å². The number of hydrogen-bond donors (Lipinski definition) is 2. The van der Waals surface area contributed by atoms with Crippen LogP contribution in [0, 0.1) is 0 Å². The van der Waals surface area contributed by atoms with E-state index in [0.29, 0.717) is 13.1 Å². The minimum absolute atomic E-state index is 0.174. The Morgan fingerprint density at radius 2 is 1.67 bits per heavy atom. The van der Waals surface area contributed by atoms with Crippen LogP contribution in [0.4, 0.5) is 4.79 Å². The highest BCUT2D eigenvalue weighted by Gasteiger charge is 2.13. The van der Waals surface area contributed by atoms with E-state index in [0.717, 1.165) is 49.7 Å². The number of ether oxygens (including phenoxy) is 2. The van der Waals surface area contributed by atoms with Crippen LogP contribution in [0.25, 0.3) is 0 Å². The number of nitrogens with zero attached hydrogens (tertiary/aromatic N) is 1. The molecule has 2 amide bonds. The van der Waals surface area contributed by atoms with Gasteiger partial charge in [0.25, 0.3) is 0 Å². The van der Waals surface area contributed by atoms with Crippen LogP contribution < -0.4 is 15.4 Å². The van der Waals surface area contributed by atoms with E-state index < -0.39 is 0 Å². The number of nitrogens with one attached hydrogen (secondary N) is 2. The van der Waals surface area contributed by atoms with E-state index in [1.54, 1.807) is 7.11 Å². The molecule has 0 radical (unpaired) electrons. The summed E-state index contributed by atoms with van der Waals surface area (Å²) in [6.45, 7) is 5.34. The van der Waals surface area contributed by atoms with Crippen molar-refractivity contribution in [2.45, 2.75) is 19.6 Å². The number of morpholine rings is 1. The quantitative estimate of drug-likeness (QED) is 0.787. The van der Waals surface area contributed by atoms with Crippen LogP contribution in [0.3, 0.4) is 0 Å². The summed E-state index contributed by atoms with van der Waals surface area (Å²) in [7, 11) is 1.64. The normalized spacial score (nSPS) is 14.6. The van der Waals surface area contributed by atoms with Crippen LogP contribution in [0.15, 0.2) is 48.5 Å². The first-order chi connectivity index (χ1) is 13.2. The van der Waals surface area contributed by atoms with Crippen molar-refractivity contribution in [2.24, 2.45) is 0 Å². The molecule has 2 aromatic carbocycles. The maximum Gasteiger partial charge on any atom is 0.315 e. The predicted molar refractivity (Wildman–Crippen MR) is 105 cm³/mol. The third kappa shape index (κ3) is 5.98. The molecule has 0 aliphatic carbocycles. The topological polar surface area (TPSA) is 62.8 Å². The van der Waals surface area contributed by atoms with Gasteiger partial charge in [0.2, 0.25) is 0 Å². The van der Waals surface area contributed by atoms with Gasteiger partial charge in [-0.3, -0.25) is 4.90 Å². The molecule has 144 valence electrons. The molecule has 1 aliphatic rings. The first-order valence-electron chi connectivity index (χ1n) is 9.26. The third-order valence-electron chi connectivity index (χ3n) is 4.67. The standard InChI is InChI=1S/C21H27N3O3/c1-26-20-8-6-17(7-9-20)14-22-21(25)23-15-18-4-2-3-5-19(18)16-24-10-12-27-13-11-24/h2-9H,10-16H2,1H3,(H2,22,23,25). The number of amides is 2. The van der Waals surface area contributed by atoms with Crippen molar-refractivity contribution in [1.82, 2.24) is 15.5 Å². The second-order valence-electron chi connectivity index (χ2n) is 6.54. The Labute approximate surface area is 160 Å². The van der Waals surface area contributed by atoms with Crippen molar-refractivity contribution in [1.29, 1.82) is 0 Å². The lowest BCUT2D eigenvalue weighted by Gasteiger charge is -2.27. The number of carbonyl (C=O) groups is 1. The lowest BCUT2D eigenvalue weighted by Crippen LogP contribution is -2.37. The summed E-state index contributed by atoms with van der Waals surface area (Å²) < 4.78 is 10.5. The van der Waals surface area contributed by atoms with E-state index in [-0.39, 0.29) is 6.03 Å². The number of hydrogen-bond acceptors (Lipinski definition) is 4. The van der Waals surface area contributed by atoms with Crippen LogP contribution in [0.2, 0.25) is 0 Å². The number of urea groups is 1. The maximum atomic E-state index is 12.1. The Kier molecular flexibility index (Phi) is 7.07. The Morgan fingerprint density at radius 1 is 1.00 bits per heavy atom. The van der Waals surface area contributed by atoms with Gasteiger partial charge < -0.3 is 20.1 Å². The largest absolute Gasteiger partial charge is 0.497 e. The summed E-state index contributed by atoms with van der Waals surface area (Å²) in [5.74, 6) is 0.806. The molecule has 0 aromatic heterocycles. The molecule has 1 aliphatic heterocycles. The number of benzene rings is 2. The van der Waals surface area contributed by atoms with Crippen molar-refractivity contribution < 1.29 is 14.3 Å². The van der Waals surface area contributed by atoms with E-state index >= 15 is 0 Å². The van der Waals surface area contributed by atoms with Crippen molar-refractivity contribution in [2.75, 3.05) is 33.4 Å². The fourth-order valence-electron chi connectivity index (χ4n) is 3.05. The minimum Gasteiger partial charge on any atom is -0.497 e. The molecule has 6 heteroatoms. The Bertz CT molecular complexity index is 728. The summed E-state index contributed by atoms with van der Waals surface area (Å²) in [4.78, 5) is 14.5. The average molecular weight is 369 g/mol. The monoisotopic (exact) mass is 369 g/mol. The zero-order valence-corrected chi connectivity index (χ0v) is 15.7. The summed E-state index contributed by atoms with van der Waals surface area (Å²) >= 11 is 0. The van der Waals surface area contributed by atoms with Gasteiger partial charge in [-0.2, -0.15) is 0 Å². The summed E-state index contributed by atoms with van der Waals surface area (Å²) in [5, 5.41) is 5.84. The van der Waals surface area contributed by atoms with E-state index in [1.165, 1.54) is 5.56 Å². The van der Waals surface area contributed by atoms with Crippen molar-refractivity contribution >= 4 is 6.03 Å². The van der Waals surface area contributed by atoms with Gasteiger partial charge in [0.1, 0.15) is 5.75 Å². The highest BCUT2D eigenvalue weighted by atomic mass is 16.5. The molecule has 0 unspecified atom stereocenters. The Balaban J connectivity index is 1.47. The van der Waals surface area contributed by atoms with Gasteiger partial charge in [0.05, 0.1) is 20.3 Å². The molecule has 2 aromatic rings. The first-order valence-corrected chi connectivity index (χ1v) is 9.26. The summed E-state index contributed by atoms with van der Waals surface area (Å²) in [6, 6.07) is 15.7. The summed E-state index contributed by atoms with van der Waals surface area (Å²) in [6.07, 6.45) is 0. The van der Waals surface area contributed by atoms with E-state index in [4.69, 9.17) is 9.47 Å². The predicted octanol–water partition coefficient (Wildman–Crippen LogP) is 2.53. The number of carbonyl (C=O) groups excluding carboxylic acids is 1. The van der Waals surface area contributed by atoms with E-state index in [9.17, 15) is 4.79 Å². The lowest BCUT2D eigenvalue weighted by molar-refractivity contribution is 0.0341. The van der Waals surface area contributed by atoms with Gasteiger partial charge in [-0.15, -0.1) is 0 Å². The smallest absolute Gasteiger partial charge is 0.315 e. The minimum atomic E-state index is -0.174. The molecule has 0 bridgehead atoms.